The molecule has 1 fully saturated rings. The lowest BCUT2D eigenvalue weighted by Gasteiger charge is -2.17. The van der Waals surface area contributed by atoms with Crippen LogP contribution < -0.4 is 10.2 Å². The van der Waals surface area contributed by atoms with Crippen molar-refractivity contribution >= 4 is 28.2 Å². The maximum absolute atomic E-state index is 13.2. The highest BCUT2D eigenvalue weighted by Crippen LogP contribution is 2.29. The summed E-state index contributed by atoms with van der Waals surface area (Å²) in [7, 11) is 0. The van der Waals surface area contributed by atoms with Gasteiger partial charge in [-0.3, -0.25) is 19.9 Å². The number of amides is 1. The second-order valence-corrected chi connectivity index (χ2v) is 9.16. The van der Waals surface area contributed by atoms with Crippen LogP contribution in [-0.2, 0) is 6.42 Å². The van der Waals surface area contributed by atoms with Crippen molar-refractivity contribution in [2.24, 2.45) is 0 Å². The van der Waals surface area contributed by atoms with Crippen molar-refractivity contribution in [1.29, 1.82) is 0 Å². The molecule has 7 heteroatoms. The summed E-state index contributed by atoms with van der Waals surface area (Å²) >= 11 is 0. The van der Waals surface area contributed by atoms with Crippen LogP contribution in [0.1, 0.15) is 34.5 Å². The van der Waals surface area contributed by atoms with Gasteiger partial charge in [0.1, 0.15) is 0 Å². The number of nitrogens with zero attached hydrogens (tertiary/aromatic N) is 4. The normalized spacial score (nSPS) is 13.3. The summed E-state index contributed by atoms with van der Waals surface area (Å²) in [6.07, 6.45) is 10.4. The first-order chi connectivity index (χ1) is 17.7. The quantitative estimate of drug-likeness (QED) is 0.341. The van der Waals surface area contributed by atoms with Crippen LogP contribution in [0.2, 0.25) is 0 Å². The summed E-state index contributed by atoms with van der Waals surface area (Å²) in [5.41, 5.74) is 7.18. The zero-order valence-electron chi connectivity index (χ0n) is 19.8. The van der Waals surface area contributed by atoms with Gasteiger partial charge in [0.15, 0.2) is 5.69 Å². The zero-order valence-corrected chi connectivity index (χ0v) is 19.8. The van der Waals surface area contributed by atoms with Crippen molar-refractivity contribution in [3.63, 3.8) is 0 Å². The molecule has 1 aliphatic heterocycles. The summed E-state index contributed by atoms with van der Waals surface area (Å²) in [6, 6.07) is 20.3. The number of aromatic nitrogens is 4. The lowest BCUT2D eigenvalue weighted by molar-refractivity contribution is 0.102. The van der Waals surface area contributed by atoms with Gasteiger partial charge in [-0.2, -0.15) is 5.10 Å². The van der Waals surface area contributed by atoms with E-state index in [-0.39, 0.29) is 5.91 Å². The van der Waals surface area contributed by atoms with Crippen molar-refractivity contribution in [2.75, 3.05) is 23.3 Å². The summed E-state index contributed by atoms with van der Waals surface area (Å²) in [5.74, 6) is -0.277. The number of hydrogen-bond donors (Lipinski definition) is 2. The zero-order chi connectivity index (χ0) is 24.3. The van der Waals surface area contributed by atoms with Gasteiger partial charge in [-0.1, -0.05) is 36.4 Å². The Balaban J connectivity index is 1.25. The van der Waals surface area contributed by atoms with Gasteiger partial charge in [0.05, 0.1) is 29.3 Å². The molecule has 1 amide bonds. The van der Waals surface area contributed by atoms with E-state index in [1.165, 1.54) is 18.4 Å². The number of nitrogens with one attached hydrogen (secondary N) is 2. The Kier molecular flexibility index (Phi) is 5.87. The van der Waals surface area contributed by atoms with E-state index >= 15 is 0 Å². The highest BCUT2D eigenvalue weighted by atomic mass is 16.1. The maximum atomic E-state index is 13.2. The van der Waals surface area contributed by atoms with Crippen molar-refractivity contribution < 1.29 is 4.79 Å². The molecule has 36 heavy (non-hydrogen) atoms. The average molecular weight is 475 g/mol. The van der Waals surface area contributed by atoms with Crippen LogP contribution in [0.4, 0.5) is 11.4 Å². The second kappa shape index (κ2) is 9.62. The Morgan fingerprint density at radius 2 is 1.69 bits per heavy atom. The van der Waals surface area contributed by atoms with Crippen LogP contribution >= 0.6 is 0 Å². The van der Waals surface area contributed by atoms with E-state index in [0.29, 0.717) is 11.4 Å². The molecular formula is C29H26N6O. The highest BCUT2D eigenvalue weighted by molar-refractivity contribution is 6.11. The van der Waals surface area contributed by atoms with Gasteiger partial charge in [-0.05, 0) is 60.2 Å². The molecule has 178 valence electrons. The number of anilines is 2. The minimum atomic E-state index is -0.277. The minimum Gasteiger partial charge on any atom is -0.370 e. The Labute approximate surface area is 209 Å². The van der Waals surface area contributed by atoms with Crippen LogP contribution in [-0.4, -0.2) is 39.2 Å². The Bertz CT molecular complexity index is 1520. The fourth-order valence-corrected chi connectivity index (χ4v) is 4.78. The smallest absolute Gasteiger partial charge is 0.276 e. The van der Waals surface area contributed by atoms with Crippen LogP contribution in [0.5, 0.6) is 0 Å². The molecule has 4 heterocycles. The fourth-order valence-electron chi connectivity index (χ4n) is 4.78. The SMILES string of the molecule is O=C(Nc1cncc(Cc2ccccc2)c1)c1n[nH]c2ccc(-c3cncc(N4CCCC4)c3)cc12. The number of aromatic amines is 1. The topological polar surface area (TPSA) is 86.8 Å². The number of rotatable bonds is 6. The predicted octanol–water partition coefficient (Wildman–Crippen LogP) is 5.46. The van der Waals surface area contributed by atoms with E-state index in [1.807, 2.05) is 61.1 Å². The Morgan fingerprint density at radius 3 is 2.56 bits per heavy atom. The van der Waals surface area contributed by atoms with Gasteiger partial charge in [-0.25, -0.2) is 0 Å². The molecule has 2 N–H and O–H groups in total. The first-order valence-electron chi connectivity index (χ1n) is 12.2. The first-order valence-corrected chi connectivity index (χ1v) is 12.2. The fraction of sp³-hybridized carbons (Fsp3) is 0.172. The van der Waals surface area contributed by atoms with E-state index in [0.717, 1.165) is 52.8 Å². The lowest BCUT2D eigenvalue weighted by atomic mass is 10.0. The summed E-state index contributed by atoms with van der Waals surface area (Å²) in [5, 5.41) is 11.0. The number of pyridine rings is 2. The Hall–Kier alpha value is -4.52. The van der Waals surface area contributed by atoms with E-state index in [9.17, 15) is 4.79 Å². The van der Waals surface area contributed by atoms with Gasteiger partial charge in [0, 0.05) is 36.4 Å². The molecule has 5 aromatic rings. The molecule has 0 atom stereocenters. The van der Waals surface area contributed by atoms with Crippen molar-refractivity contribution in [3.05, 3.63) is 102 Å². The van der Waals surface area contributed by atoms with Gasteiger partial charge in [-0.15, -0.1) is 0 Å². The standard InChI is InChI=1S/C29H26N6O/c36-29(32-24-13-21(16-30-18-24)12-20-6-2-1-3-7-20)28-26-15-22(8-9-27(26)33-34-28)23-14-25(19-31-17-23)35-10-4-5-11-35/h1-3,6-9,13-19H,4-5,10-12H2,(H,32,36)(H,33,34). The van der Waals surface area contributed by atoms with Gasteiger partial charge in [0.25, 0.3) is 5.91 Å². The molecule has 0 aliphatic carbocycles. The number of carbonyl (C=O) groups excluding carboxylic acids is 1. The van der Waals surface area contributed by atoms with Crippen LogP contribution in [0, 0.1) is 0 Å². The number of fused-ring (bicyclic) bond motifs is 1. The molecule has 0 unspecified atom stereocenters. The van der Waals surface area contributed by atoms with Gasteiger partial charge < -0.3 is 10.2 Å². The molecule has 1 saturated heterocycles. The molecule has 3 aromatic heterocycles. The van der Waals surface area contributed by atoms with E-state index in [4.69, 9.17) is 0 Å². The highest BCUT2D eigenvalue weighted by Gasteiger charge is 2.17. The van der Waals surface area contributed by atoms with Gasteiger partial charge >= 0.3 is 0 Å². The average Bonchev–Trinajstić information content (AvgIpc) is 3.60. The van der Waals surface area contributed by atoms with E-state index in [2.05, 4.69) is 48.6 Å². The number of carbonyl (C=O) groups is 1. The third kappa shape index (κ3) is 4.55. The summed E-state index contributed by atoms with van der Waals surface area (Å²) < 4.78 is 0. The summed E-state index contributed by atoms with van der Waals surface area (Å²) in [6.45, 7) is 2.13. The van der Waals surface area contributed by atoms with E-state index < -0.39 is 0 Å². The molecule has 6 rings (SSSR count). The minimum absolute atomic E-state index is 0.277. The Morgan fingerprint density at radius 1 is 0.861 bits per heavy atom. The van der Waals surface area contributed by atoms with Crippen molar-refractivity contribution in [1.82, 2.24) is 20.2 Å². The molecule has 0 saturated carbocycles. The molecule has 0 radical (unpaired) electrons. The number of benzene rings is 2. The van der Waals surface area contributed by atoms with Crippen LogP contribution in [0.15, 0.2) is 85.5 Å². The molecular weight excluding hydrogens is 448 g/mol. The summed E-state index contributed by atoms with van der Waals surface area (Å²) in [4.78, 5) is 24.4. The van der Waals surface area contributed by atoms with Crippen molar-refractivity contribution in [2.45, 2.75) is 19.3 Å². The molecule has 2 aromatic carbocycles. The number of hydrogen-bond acceptors (Lipinski definition) is 5. The van der Waals surface area contributed by atoms with Crippen molar-refractivity contribution in [3.8, 4) is 11.1 Å². The molecule has 1 aliphatic rings. The number of H-pyrrole nitrogens is 1. The third-order valence-electron chi connectivity index (χ3n) is 6.61. The second-order valence-electron chi connectivity index (χ2n) is 9.16. The van der Waals surface area contributed by atoms with Crippen LogP contribution in [0.25, 0.3) is 22.0 Å². The lowest BCUT2D eigenvalue weighted by Crippen LogP contribution is -2.17. The predicted molar refractivity (Wildman–Crippen MR) is 142 cm³/mol. The molecule has 7 nitrogen and oxygen atoms in total. The molecule has 0 bridgehead atoms. The molecule has 0 spiro atoms. The largest absolute Gasteiger partial charge is 0.370 e. The first kappa shape index (κ1) is 22.0. The van der Waals surface area contributed by atoms with Gasteiger partial charge in [0.2, 0.25) is 0 Å². The van der Waals surface area contributed by atoms with E-state index in [1.54, 1.807) is 6.20 Å². The monoisotopic (exact) mass is 474 g/mol. The maximum Gasteiger partial charge on any atom is 0.276 e. The third-order valence-corrected chi connectivity index (χ3v) is 6.61. The van der Waals surface area contributed by atoms with Crippen LogP contribution in [0.3, 0.4) is 0 Å².